The summed E-state index contributed by atoms with van der Waals surface area (Å²) in [6, 6.07) is 7.76. The van der Waals surface area contributed by atoms with Crippen molar-refractivity contribution in [3.05, 3.63) is 29.8 Å². The third-order valence-electron chi connectivity index (χ3n) is 3.68. The van der Waals surface area contributed by atoms with Gasteiger partial charge < -0.3 is 15.2 Å². The molecule has 0 aromatic heterocycles. The number of carbonyl (C=O) groups excluding carboxylic acids is 1. The van der Waals surface area contributed by atoms with E-state index in [0.29, 0.717) is 19.6 Å². The van der Waals surface area contributed by atoms with Gasteiger partial charge in [0, 0.05) is 24.3 Å². The van der Waals surface area contributed by atoms with Crippen LogP contribution in [0.1, 0.15) is 24.8 Å². The van der Waals surface area contributed by atoms with Crippen molar-refractivity contribution in [2.75, 3.05) is 26.1 Å². The molecule has 2 N–H and O–H groups in total. The fourth-order valence-electron chi connectivity index (χ4n) is 2.51. The van der Waals surface area contributed by atoms with Gasteiger partial charge in [-0.25, -0.2) is 0 Å². The largest absolute Gasteiger partial charge is 0.469 e. The van der Waals surface area contributed by atoms with E-state index in [-0.39, 0.29) is 11.4 Å². The second-order valence-electron chi connectivity index (χ2n) is 4.77. The van der Waals surface area contributed by atoms with Crippen LogP contribution in [0.5, 0.6) is 0 Å². The zero-order chi connectivity index (χ0) is 13.0. The summed E-state index contributed by atoms with van der Waals surface area (Å²) in [5, 5.41) is 0. The van der Waals surface area contributed by atoms with Gasteiger partial charge in [0.25, 0.3) is 0 Å². The molecule has 4 nitrogen and oxygen atoms in total. The molecule has 1 aromatic rings. The molecule has 1 fully saturated rings. The number of nitrogens with two attached hydrogens (primary N) is 1. The molecule has 1 aromatic carbocycles. The second kappa shape index (κ2) is 5.40. The molecule has 0 aliphatic carbocycles. The van der Waals surface area contributed by atoms with Crippen molar-refractivity contribution in [3.63, 3.8) is 0 Å². The van der Waals surface area contributed by atoms with Crippen molar-refractivity contribution in [3.8, 4) is 0 Å². The van der Waals surface area contributed by atoms with Gasteiger partial charge in [0.15, 0.2) is 0 Å². The first-order valence-electron chi connectivity index (χ1n) is 6.17. The topological polar surface area (TPSA) is 61.5 Å². The highest BCUT2D eigenvalue weighted by molar-refractivity contribution is 5.71. The molecule has 0 unspecified atom stereocenters. The van der Waals surface area contributed by atoms with Gasteiger partial charge in [-0.05, 0) is 30.5 Å². The lowest BCUT2D eigenvalue weighted by atomic mass is 9.72. The molecule has 1 heterocycles. The lowest BCUT2D eigenvalue weighted by Crippen LogP contribution is -2.36. The first-order chi connectivity index (χ1) is 8.66. The molecule has 0 radical (unpaired) electrons. The van der Waals surface area contributed by atoms with Crippen LogP contribution < -0.4 is 5.73 Å². The van der Waals surface area contributed by atoms with Crippen LogP contribution in [-0.4, -0.2) is 26.3 Å². The standard InChI is InChI=1S/C14H19NO3/c1-17-13(16)10-14(6-8-18-9-7-14)11-2-4-12(15)5-3-11/h2-5H,6-10,15H2,1H3. The quantitative estimate of drug-likeness (QED) is 0.656. The van der Waals surface area contributed by atoms with Crippen molar-refractivity contribution >= 4 is 11.7 Å². The zero-order valence-electron chi connectivity index (χ0n) is 10.6. The Balaban J connectivity index is 2.28. The van der Waals surface area contributed by atoms with Gasteiger partial charge in [0.2, 0.25) is 0 Å². The summed E-state index contributed by atoms with van der Waals surface area (Å²) in [6.07, 6.45) is 2.08. The summed E-state index contributed by atoms with van der Waals surface area (Å²) in [5.41, 5.74) is 7.42. The SMILES string of the molecule is COC(=O)CC1(c2ccc(N)cc2)CCOCC1. The highest BCUT2D eigenvalue weighted by Gasteiger charge is 2.36. The molecule has 0 saturated carbocycles. The van der Waals surface area contributed by atoms with Crippen LogP contribution in [0, 0.1) is 0 Å². The Morgan fingerprint density at radius 3 is 2.50 bits per heavy atom. The first-order valence-corrected chi connectivity index (χ1v) is 6.17. The van der Waals surface area contributed by atoms with E-state index in [2.05, 4.69) is 0 Å². The molecule has 1 aliphatic heterocycles. The Kier molecular flexibility index (Phi) is 3.87. The molecule has 0 atom stereocenters. The maximum absolute atomic E-state index is 11.6. The van der Waals surface area contributed by atoms with Gasteiger partial charge in [0.1, 0.15) is 0 Å². The number of methoxy groups -OCH3 is 1. The lowest BCUT2D eigenvalue weighted by Gasteiger charge is -2.37. The maximum atomic E-state index is 11.6. The monoisotopic (exact) mass is 249 g/mol. The van der Waals surface area contributed by atoms with E-state index in [0.717, 1.165) is 24.1 Å². The molecule has 0 spiro atoms. The lowest BCUT2D eigenvalue weighted by molar-refractivity contribution is -0.143. The van der Waals surface area contributed by atoms with Gasteiger partial charge in [-0.1, -0.05) is 12.1 Å². The Labute approximate surface area is 107 Å². The van der Waals surface area contributed by atoms with E-state index >= 15 is 0 Å². The summed E-state index contributed by atoms with van der Waals surface area (Å²) in [7, 11) is 1.43. The third-order valence-corrected chi connectivity index (χ3v) is 3.68. The number of benzene rings is 1. The predicted molar refractivity (Wildman–Crippen MR) is 69.2 cm³/mol. The van der Waals surface area contributed by atoms with Crippen LogP contribution in [0.2, 0.25) is 0 Å². The molecule has 1 saturated heterocycles. The summed E-state index contributed by atoms with van der Waals surface area (Å²) >= 11 is 0. The number of nitrogen functional groups attached to an aromatic ring is 1. The molecule has 2 rings (SSSR count). The average molecular weight is 249 g/mol. The first kappa shape index (κ1) is 12.9. The van der Waals surface area contributed by atoms with Gasteiger partial charge in [-0.2, -0.15) is 0 Å². The van der Waals surface area contributed by atoms with Crippen LogP contribution in [0.3, 0.4) is 0 Å². The minimum absolute atomic E-state index is 0.168. The zero-order valence-corrected chi connectivity index (χ0v) is 10.6. The van der Waals surface area contributed by atoms with Crippen molar-refractivity contribution in [2.24, 2.45) is 0 Å². The highest BCUT2D eigenvalue weighted by atomic mass is 16.5. The van der Waals surface area contributed by atoms with Crippen molar-refractivity contribution in [2.45, 2.75) is 24.7 Å². The molecule has 18 heavy (non-hydrogen) atoms. The van der Waals surface area contributed by atoms with E-state index in [9.17, 15) is 4.79 Å². The van der Waals surface area contributed by atoms with Crippen molar-refractivity contribution < 1.29 is 14.3 Å². The van der Waals surface area contributed by atoms with Gasteiger partial charge in [0.05, 0.1) is 13.5 Å². The molecular weight excluding hydrogens is 230 g/mol. The third kappa shape index (κ3) is 2.64. The minimum Gasteiger partial charge on any atom is -0.469 e. The molecular formula is C14H19NO3. The average Bonchev–Trinajstić information content (AvgIpc) is 2.40. The minimum atomic E-state index is -0.172. The van der Waals surface area contributed by atoms with E-state index in [1.54, 1.807) is 0 Å². The van der Waals surface area contributed by atoms with Crippen LogP contribution in [0.15, 0.2) is 24.3 Å². The second-order valence-corrected chi connectivity index (χ2v) is 4.77. The molecule has 0 bridgehead atoms. The summed E-state index contributed by atoms with van der Waals surface area (Å²) in [5.74, 6) is -0.172. The van der Waals surface area contributed by atoms with Crippen molar-refractivity contribution in [1.82, 2.24) is 0 Å². The number of anilines is 1. The number of ether oxygens (including phenoxy) is 2. The number of rotatable bonds is 3. The van der Waals surface area contributed by atoms with Crippen LogP contribution in [-0.2, 0) is 19.7 Å². The Bertz CT molecular complexity index is 408. The number of carbonyl (C=O) groups is 1. The Morgan fingerprint density at radius 2 is 1.94 bits per heavy atom. The smallest absolute Gasteiger partial charge is 0.306 e. The predicted octanol–water partition coefficient (Wildman–Crippen LogP) is 1.88. The van der Waals surface area contributed by atoms with E-state index < -0.39 is 0 Å². The fraction of sp³-hybridized carbons (Fsp3) is 0.500. The van der Waals surface area contributed by atoms with Gasteiger partial charge in [-0.15, -0.1) is 0 Å². The summed E-state index contributed by atoms with van der Waals surface area (Å²) in [4.78, 5) is 11.6. The Hall–Kier alpha value is -1.55. The summed E-state index contributed by atoms with van der Waals surface area (Å²) in [6.45, 7) is 1.36. The van der Waals surface area contributed by atoms with Crippen LogP contribution >= 0.6 is 0 Å². The highest BCUT2D eigenvalue weighted by Crippen LogP contribution is 2.38. The van der Waals surface area contributed by atoms with Crippen LogP contribution in [0.4, 0.5) is 5.69 Å². The molecule has 4 heteroatoms. The van der Waals surface area contributed by atoms with E-state index in [1.807, 2.05) is 24.3 Å². The Morgan fingerprint density at radius 1 is 1.33 bits per heavy atom. The van der Waals surface area contributed by atoms with Gasteiger partial charge >= 0.3 is 5.97 Å². The molecule has 98 valence electrons. The number of esters is 1. The van der Waals surface area contributed by atoms with Crippen LogP contribution in [0.25, 0.3) is 0 Å². The maximum Gasteiger partial charge on any atom is 0.306 e. The molecule has 1 aliphatic rings. The molecule has 0 amide bonds. The van der Waals surface area contributed by atoms with Gasteiger partial charge in [-0.3, -0.25) is 4.79 Å². The van der Waals surface area contributed by atoms with E-state index in [1.165, 1.54) is 7.11 Å². The number of hydrogen-bond acceptors (Lipinski definition) is 4. The fourth-order valence-corrected chi connectivity index (χ4v) is 2.51. The number of hydrogen-bond donors (Lipinski definition) is 1. The summed E-state index contributed by atoms with van der Waals surface area (Å²) < 4.78 is 10.2. The normalized spacial score (nSPS) is 18.3. The van der Waals surface area contributed by atoms with E-state index in [4.69, 9.17) is 15.2 Å². The van der Waals surface area contributed by atoms with Crippen molar-refractivity contribution in [1.29, 1.82) is 0 Å².